The number of allylic oxidation sites excluding steroid dienone is 4. The lowest BCUT2D eigenvalue weighted by Crippen LogP contribution is -2.13. The molecule has 0 unspecified atom stereocenters. The summed E-state index contributed by atoms with van der Waals surface area (Å²) < 4.78 is 0. The monoisotopic (exact) mass is 438 g/mol. The van der Waals surface area contributed by atoms with Gasteiger partial charge in [-0.15, -0.1) is 0 Å². The zero-order valence-corrected chi connectivity index (χ0v) is 21.8. The third kappa shape index (κ3) is 12.9. The van der Waals surface area contributed by atoms with Gasteiger partial charge in [-0.3, -0.25) is 0 Å². The van der Waals surface area contributed by atoms with Crippen molar-refractivity contribution >= 4 is 0 Å². The molecule has 2 rings (SSSR count). The van der Waals surface area contributed by atoms with E-state index in [9.17, 15) is 0 Å². The van der Waals surface area contributed by atoms with Gasteiger partial charge in [-0.25, -0.2) is 0 Å². The van der Waals surface area contributed by atoms with Crippen LogP contribution in [0.1, 0.15) is 142 Å². The number of unbranched alkanes of at least 4 members (excludes halogenated alkanes) is 8. The van der Waals surface area contributed by atoms with Gasteiger partial charge in [-0.2, -0.15) is 0 Å². The van der Waals surface area contributed by atoms with Gasteiger partial charge >= 0.3 is 0 Å². The van der Waals surface area contributed by atoms with Crippen molar-refractivity contribution in [2.45, 2.75) is 142 Å². The van der Waals surface area contributed by atoms with Gasteiger partial charge in [0.15, 0.2) is 0 Å². The van der Waals surface area contributed by atoms with E-state index in [1.54, 1.807) is 0 Å². The quantitative estimate of drug-likeness (QED) is 0.187. The Labute approximate surface area is 202 Å². The van der Waals surface area contributed by atoms with Crippen molar-refractivity contribution in [2.24, 2.45) is 23.7 Å². The van der Waals surface area contributed by atoms with Gasteiger partial charge in [0.05, 0.1) is 0 Å². The first-order valence-electron chi connectivity index (χ1n) is 14.7. The molecule has 0 bridgehead atoms. The summed E-state index contributed by atoms with van der Waals surface area (Å²) in [5, 5.41) is 0. The van der Waals surface area contributed by atoms with Gasteiger partial charge in [0.1, 0.15) is 0 Å². The molecule has 0 aromatic rings. The summed E-state index contributed by atoms with van der Waals surface area (Å²) in [5.74, 6) is 10.1. The maximum absolute atomic E-state index is 3.27. The predicted octanol–water partition coefficient (Wildman–Crippen LogP) is 10.4. The van der Waals surface area contributed by atoms with Gasteiger partial charge in [-0.1, -0.05) is 115 Å². The van der Waals surface area contributed by atoms with E-state index in [4.69, 9.17) is 0 Å². The Morgan fingerprint density at radius 3 is 1.25 bits per heavy atom. The van der Waals surface area contributed by atoms with Crippen molar-refractivity contribution in [1.82, 2.24) is 0 Å². The summed E-state index contributed by atoms with van der Waals surface area (Å²) >= 11 is 0. The molecule has 182 valence electrons. The second-order valence-electron chi connectivity index (χ2n) is 11.0. The summed E-state index contributed by atoms with van der Waals surface area (Å²) in [6.45, 7) is 4.61. The molecule has 32 heavy (non-hydrogen) atoms. The van der Waals surface area contributed by atoms with Crippen LogP contribution in [0.2, 0.25) is 0 Å². The lowest BCUT2D eigenvalue weighted by Gasteiger charge is -2.26. The smallest absolute Gasteiger partial charge is 0.0153 e. The third-order valence-corrected chi connectivity index (χ3v) is 8.20. The Bertz CT molecular complexity index is 492. The highest BCUT2D eigenvalue weighted by molar-refractivity contribution is 5.24. The maximum atomic E-state index is 3.27. The van der Waals surface area contributed by atoms with Crippen LogP contribution in [0, 0.1) is 35.5 Å². The normalized spacial score (nSPS) is 26.4. The van der Waals surface area contributed by atoms with Gasteiger partial charge < -0.3 is 0 Å². The zero-order chi connectivity index (χ0) is 22.7. The zero-order valence-electron chi connectivity index (χ0n) is 21.8. The van der Waals surface area contributed by atoms with E-state index < -0.39 is 0 Å². The van der Waals surface area contributed by atoms with E-state index in [-0.39, 0.29) is 0 Å². The largest absolute Gasteiger partial charge is 0.0730 e. The lowest BCUT2D eigenvalue weighted by molar-refractivity contribution is 0.288. The van der Waals surface area contributed by atoms with E-state index in [0.717, 1.165) is 23.7 Å². The maximum Gasteiger partial charge on any atom is -0.0153 e. The van der Waals surface area contributed by atoms with Crippen LogP contribution in [0.4, 0.5) is 0 Å². The Hall–Kier alpha value is -0.960. The van der Waals surface area contributed by atoms with Crippen molar-refractivity contribution in [3.63, 3.8) is 0 Å². The highest BCUT2D eigenvalue weighted by Crippen LogP contribution is 2.33. The van der Waals surface area contributed by atoms with Crippen LogP contribution in [0.25, 0.3) is 0 Å². The molecule has 0 amide bonds. The molecule has 0 N–H and O–H groups in total. The Kier molecular flexibility index (Phi) is 15.7. The fourth-order valence-corrected chi connectivity index (χ4v) is 5.88. The molecule has 0 heterocycles. The highest BCUT2D eigenvalue weighted by atomic mass is 14.2. The van der Waals surface area contributed by atoms with E-state index in [1.807, 2.05) is 0 Å². The molecule has 0 radical (unpaired) electrons. The topological polar surface area (TPSA) is 0 Å². The average Bonchev–Trinajstić information content (AvgIpc) is 2.83. The molecular weight excluding hydrogens is 384 g/mol. The standard InChI is InChI=1S/C32H54/c1-3-5-7-9-13-17-29-21-25-31(26-22-29)19-15-11-12-16-20-32-27-23-30(24-28-32)18-14-10-8-6-4-2/h15-16,19-20,29-32H,3-10,13-14,17-18,21-28H2,1-2H3. The first kappa shape index (κ1) is 27.3. The van der Waals surface area contributed by atoms with E-state index in [1.165, 1.54) is 128 Å². The molecule has 2 fully saturated rings. The highest BCUT2D eigenvalue weighted by Gasteiger charge is 2.19. The first-order valence-corrected chi connectivity index (χ1v) is 14.7. The molecule has 0 spiro atoms. The van der Waals surface area contributed by atoms with Crippen LogP contribution >= 0.6 is 0 Å². The first-order chi connectivity index (χ1) is 15.8. The average molecular weight is 439 g/mol. The number of rotatable bonds is 14. The predicted molar refractivity (Wildman–Crippen MR) is 144 cm³/mol. The minimum Gasteiger partial charge on any atom is -0.0730 e. The summed E-state index contributed by atoms with van der Waals surface area (Å²) in [6, 6.07) is 0. The Morgan fingerprint density at radius 1 is 0.500 bits per heavy atom. The summed E-state index contributed by atoms with van der Waals surface area (Å²) in [5.41, 5.74) is 0. The van der Waals surface area contributed by atoms with Crippen molar-refractivity contribution < 1.29 is 0 Å². The minimum absolute atomic E-state index is 0.780. The van der Waals surface area contributed by atoms with Gasteiger partial charge in [0.25, 0.3) is 0 Å². The number of hydrogen-bond donors (Lipinski definition) is 0. The van der Waals surface area contributed by atoms with Gasteiger partial charge in [-0.05, 0) is 87.2 Å². The van der Waals surface area contributed by atoms with Crippen molar-refractivity contribution in [3.8, 4) is 11.8 Å². The van der Waals surface area contributed by atoms with Crippen LogP contribution in [0.5, 0.6) is 0 Å². The SMILES string of the molecule is CCCCCCCC1CCC(C=CC#CC=CC2CCC(CCCCCCC)CC2)CC1. The van der Waals surface area contributed by atoms with Crippen LogP contribution in [-0.2, 0) is 0 Å². The van der Waals surface area contributed by atoms with Crippen LogP contribution in [0.3, 0.4) is 0 Å². The van der Waals surface area contributed by atoms with Crippen molar-refractivity contribution in [1.29, 1.82) is 0 Å². The third-order valence-electron chi connectivity index (χ3n) is 8.20. The second-order valence-corrected chi connectivity index (χ2v) is 11.0. The molecule has 2 aliphatic rings. The summed E-state index contributed by atoms with van der Waals surface area (Å²) in [7, 11) is 0. The van der Waals surface area contributed by atoms with Gasteiger partial charge in [0, 0.05) is 0 Å². The molecule has 0 saturated heterocycles. The van der Waals surface area contributed by atoms with Crippen LogP contribution in [-0.4, -0.2) is 0 Å². The minimum atomic E-state index is 0.780. The van der Waals surface area contributed by atoms with E-state index >= 15 is 0 Å². The van der Waals surface area contributed by atoms with Gasteiger partial charge in [0.2, 0.25) is 0 Å². The molecule has 0 atom stereocenters. The lowest BCUT2D eigenvalue weighted by atomic mass is 9.79. The summed E-state index contributed by atoms with van der Waals surface area (Å²) in [4.78, 5) is 0. The Balaban J connectivity index is 1.50. The van der Waals surface area contributed by atoms with Crippen molar-refractivity contribution in [3.05, 3.63) is 24.3 Å². The van der Waals surface area contributed by atoms with E-state index in [2.05, 4.69) is 50.0 Å². The molecular formula is C32H54. The number of hydrogen-bond acceptors (Lipinski definition) is 0. The molecule has 2 aliphatic carbocycles. The molecule has 0 nitrogen and oxygen atoms in total. The summed E-state index contributed by atoms with van der Waals surface area (Å²) in [6.07, 6.45) is 37.6. The molecule has 0 aliphatic heterocycles. The van der Waals surface area contributed by atoms with Crippen LogP contribution < -0.4 is 0 Å². The van der Waals surface area contributed by atoms with Crippen molar-refractivity contribution in [2.75, 3.05) is 0 Å². The molecule has 0 aromatic heterocycles. The molecule has 0 aromatic carbocycles. The fourth-order valence-electron chi connectivity index (χ4n) is 5.88. The fraction of sp³-hybridized carbons (Fsp3) is 0.812. The molecule has 0 heteroatoms. The molecule has 2 saturated carbocycles. The second kappa shape index (κ2) is 18.5. The van der Waals surface area contributed by atoms with Crippen LogP contribution in [0.15, 0.2) is 24.3 Å². The van der Waals surface area contributed by atoms with E-state index in [0.29, 0.717) is 0 Å². The Morgan fingerprint density at radius 2 is 0.875 bits per heavy atom.